The lowest BCUT2D eigenvalue weighted by molar-refractivity contribution is 0.661. The maximum atomic E-state index is 11.9. The van der Waals surface area contributed by atoms with Crippen molar-refractivity contribution in [2.24, 2.45) is 5.73 Å². The average molecular weight is 205 g/mol. The van der Waals surface area contributed by atoms with E-state index in [9.17, 15) is 9.59 Å². The average Bonchev–Trinajstić information content (AvgIpc) is 2.17. The van der Waals surface area contributed by atoms with E-state index in [0.717, 1.165) is 10.1 Å². The lowest BCUT2D eigenvalue weighted by Gasteiger charge is -2.04. The monoisotopic (exact) mass is 205 g/mol. The lowest BCUT2D eigenvalue weighted by atomic mass is 10.1. The number of nitrogens with zero attached hydrogens (tertiary/aromatic N) is 1. The smallest absolute Gasteiger partial charge is 0.313 e. The minimum absolute atomic E-state index is 0.113. The molecule has 2 rings (SSSR count). The van der Waals surface area contributed by atoms with E-state index in [-0.39, 0.29) is 12.2 Å². The molecule has 1 aromatic heterocycles. The number of benzene rings is 1. The van der Waals surface area contributed by atoms with Crippen LogP contribution < -0.4 is 17.0 Å². The molecular formula is C10H11N3O2. The van der Waals surface area contributed by atoms with Crippen molar-refractivity contribution in [3.8, 4) is 0 Å². The van der Waals surface area contributed by atoms with E-state index >= 15 is 0 Å². The van der Waals surface area contributed by atoms with Crippen molar-refractivity contribution in [3.05, 3.63) is 44.6 Å². The van der Waals surface area contributed by atoms with Crippen LogP contribution in [0.2, 0.25) is 0 Å². The van der Waals surface area contributed by atoms with Crippen LogP contribution in [-0.2, 0) is 6.67 Å². The van der Waals surface area contributed by atoms with E-state index in [1.165, 1.54) is 0 Å². The van der Waals surface area contributed by atoms with Gasteiger partial charge in [0, 0.05) is 0 Å². The molecule has 0 aliphatic heterocycles. The number of aryl methyl sites for hydroxylation is 1. The first kappa shape index (κ1) is 9.67. The van der Waals surface area contributed by atoms with Crippen molar-refractivity contribution < 1.29 is 0 Å². The maximum Gasteiger partial charge on any atom is 0.329 e. The van der Waals surface area contributed by atoms with Crippen molar-refractivity contribution in [1.82, 2.24) is 9.55 Å². The van der Waals surface area contributed by atoms with Gasteiger partial charge >= 0.3 is 5.69 Å². The summed E-state index contributed by atoms with van der Waals surface area (Å²) in [6.07, 6.45) is 0. The summed E-state index contributed by atoms with van der Waals surface area (Å²) in [7, 11) is 0. The molecule has 5 heteroatoms. The van der Waals surface area contributed by atoms with Crippen LogP contribution in [0.15, 0.2) is 27.8 Å². The van der Waals surface area contributed by atoms with Gasteiger partial charge in [-0.05, 0) is 18.6 Å². The molecule has 0 aliphatic carbocycles. The topological polar surface area (TPSA) is 80.9 Å². The molecule has 3 N–H and O–H groups in total. The molecule has 0 aliphatic rings. The number of aromatic nitrogens is 2. The van der Waals surface area contributed by atoms with Gasteiger partial charge < -0.3 is 10.7 Å². The molecule has 0 radical (unpaired) electrons. The first-order chi connectivity index (χ1) is 7.15. The summed E-state index contributed by atoms with van der Waals surface area (Å²) >= 11 is 0. The molecule has 0 fully saturated rings. The molecule has 2 aromatic rings. The summed E-state index contributed by atoms with van der Waals surface area (Å²) < 4.78 is 0.981. The van der Waals surface area contributed by atoms with Crippen molar-refractivity contribution in [3.63, 3.8) is 0 Å². The van der Waals surface area contributed by atoms with Gasteiger partial charge in [-0.3, -0.25) is 4.79 Å². The predicted molar refractivity (Wildman–Crippen MR) is 57.8 cm³/mol. The van der Waals surface area contributed by atoms with Gasteiger partial charge in [0.25, 0.3) is 5.56 Å². The molecule has 1 aromatic carbocycles. The number of hydrogen-bond donors (Lipinski definition) is 2. The van der Waals surface area contributed by atoms with E-state index in [1.54, 1.807) is 12.1 Å². The fourth-order valence-electron chi connectivity index (χ4n) is 1.63. The zero-order chi connectivity index (χ0) is 11.0. The number of fused-ring (bicyclic) bond motifs is 1. The molecule has 0 saturated heterocycles. The molecule has 0 amide bonds. The van der Waals surface area contributed by atoms with E-state index in [0.29, 0.717) is 10.9 Å². The fraction of sp³-hybridized carbons (Fsp3) is 0.200. The van der Waals surface area contributed by atoms with E-state index < -0.39 is 5.69 Å². The Labute approximate surface area is 85.2 Å². The van der Waals surface area contributed by atoms with Gasteiger partial charge in [-0.25, -0.2) is 9.36 Å². The molecule has 0 atom stereocenters. The Kier molecular flexibility index (Phi) is 2.17. The second-order valence-corrected chi connectivity index (χ2v) is 3.34. The summed E-state index contributed by atoms with van der Waals surface area (Å²) in [4.78, 5) is 25.9. The molecular weight excluding hydrogens is 194 g/mol. The summed E-state index contributed by atoms with van der Waals surface area (Å²) in [5.74, 6) is 0. The second kappa shape index (κ2) is 3.36. The van der Waals surface area contributed by atoms with Crippen LogP contribution in [-0.4, -0.2) is 9.55 Å². The zero-order valence-corrected chi connectivity index (χ0v) is 8.28. The first-order valence-electron chi connectivity index (χ1n) is 4.57. The molecule has 0 bridgehead atoms. The van der Waals surface area contributed by atoms with Crippen LogP contribution in [0.4, 0.5) is 0 Å². The minimum Gasteiger partial charge on any atom is -0.313 e. The van der Waals surface area contributed by atoms with Crippen molar-refractivity contribution >= 4 is 10.9 Å². The Morgan fingerprint density at radius 3 is 2.80 bits per heavy atom. The van der Waals surface area contributed by atoms with Gasteiger partial charge in [0.1, 0.15) is 0 Å². The number of aromatic amines is 1. The predicted octanol–water partition coefficient (Wildman–Crippen LogP) is -0.0856. The summed E-state index contributed by atoms with van der Waals surface area (Å²) in [6.45, 7) is 1.71. The fourth-order valence-corrected chi connectivity index (χ4v) is 1.63. The first-order valence-corrected chi connectivity index (χ1v) is 4.57. The standard InChI is InChI=1S/C10H11N3O2/c1-6-3-2-4-7-8(6)9(14)13(5-11)10(15)12-7/h2-4H,5,11H2,1H3,(H,12,15). The number of nitrogens with one attached hydrogen (secondary N) is 1. The van der Waals surface area contributed by atoms with Crippen molar-refractivity contribution in [2.45, 2.75) is 13.6 Å². The Hall–Kier alpha value is -1.88. The van der Waals surface area contributed by atoms with Gasteiger partial charge in [-0.2, -0.15) is 0 Å². The van der Waals surface area contributed by atoms with Crippen LogP contribution in [0.25, 0.3) is 10.9 Å². The summed E-state index contributed by atoms with van der Waals surface area (Å²) in [6, 6.07) is 5.31. The van der Waals surface area contributed by atoms with Gasteiger partial charge in [0.15, 0.2) is 0 Å². The second-order valence-electron chi connectivity index (χ2n) is 3.34. The highest BCUT2D eigenvalue weighted by Gasteiger charge is 2.07. The van der Waals surface area contributed by atoms with Crippen LogP contribution in [0.3, 0.4) is 0 Å². The molecule has 0 unspecified atom stereocenters. The molecule has 1 heterocycles. The highest BCUT2D eigenvalue weighted by atomic mass is 16.2. The number of nitrogens with two attached hydrogens (primary N) is 1. The molecule has 0 spiro atoms. The van der Waals surface area contributed by atoms with Gasteiger partial charge in [0.05, 0.1) is 17.6 Å². The van der Waals surface area contributed by atoms with Crippen LogP contribution in [0.5, 0.6) is 0 Å². The van der Waals surface area contributed by atoms with Crippen LogP contribution >= 0.6 is 0 Å². The summed E-state index contributed by atoms with van der Waals surface area (Å²) in [5, 5.41) is 0.516. The maximum absolute atomic E-state index is 11.9. The highest BCUT2D eigenvalue weighted by molar-refractivity contribution is 5.80. The Morgan fingerprint density at radius 1 is 1.40 bits per heavy atom. The minimum atomic E-state index is -0.472. The Morgan fingerprint density at radius 2 is 2.13 bits per heavy atom. The van der Waals surface area contributed by atoms with Gasteiger partial charge in [-0.1, -0.05) is 12.1 Å². The third-order valence-electron chi connectivity index (χ3n) is 2.40. The number of H-pyrrole nitrogens is 1. The number of hydrogen-bond acceptors (Lipinski definition) is 3. The molecule has 0 saturated carbocycles. The highest BCUT2D eigenvalue weighted by Crippen LogP contribution is 2.09. The van der Waals surface area contributed by atoms with Gasteiger partial charge in [-0.15, -0.1) is 0 Å². The third-order valence-corrected chi connectivity index (χ3v) is 2.40. The quantitative estimate of drug-likeness (QED) is 0.683. The van der Waals surface area contributed by atoms with Gasteiger partial charge in [0.2, 0.25) is 0 Å². The Bertz CT molecular complexity index is 625. The summed E-state index contributed by atoms with van der Waals surface area (Å²) in [5.41, 5.74) is 5.91. The zero-order valence-electron chi connectivity index (χ0n) is 8.28. The Balaban J connectivity index is 3.06. The third kappa shape index (κ3) is 1.37. The molecule has 78 valence electrons. The SMILES string of the molecule is Cc1cccc2[nH]c(=O)n(CN)c(=O)c12. The van der Waals surface area contributed by atoms with E-state index in [1.807, 2.05) is 13.0 Å². The van der Waals surface area contributed by atoms with Crippen molar-refractivity contribution in [1.29, 1.82) is 0 Å². The van der Waals surface area contributed by atoms with E-state index in [4.69, 9.17) is 5.73 Å². The van der Waals surface area contributed by atoms with Crippen LogP contribution in [0.1, 0.15) is 5.56 Å². The van der Waals surface area contributed by atoms with Crippen LogP contribution in [0, 0.1) is 6.92 Å². The normalized spacial score (nSPS) is 10.8. The van der Waals surface area contributed by atoms with Crippen molar-refractivity contribution in [2.75, 3.05) is 0 Å². The molecule has 5 nitrogen and oxygen atoms in total. The number of rotatable bonds is 1. The molecule has 15 heavy (non-hydrogen) atoms. The lowest BCUT2D eigenvalue weighted by Crippen LogP contribution is -2.37. The van der Waals surface area contributed by atoms with E-state index in [2.05, 4.69) is 4.98 Å². The largest absolute Gasteiger partial charge is 0.329 e.